The van der Waals surface area contributed by atoms with Crippen molar-refractivity contribution < 1.29 is 19.7 Å². The normalized spacial score (nSPS) is 15.6. The SMILES string of the molecule is CCCCCCCCC(=O)c1c(O)cc2c(c1O)CCC(C)(C)O2. The summed E-state index contributed by atoms with van der Waals surface area (Å²) in [6.45, 7) is 6.12. The standard InChI is InChI=1S/C20H30O4/c1-4-5-6-7-8-9-10-15(21)18-16(22)13-17-14(19(18)23)11-12-20(2,3)24-17/h13,22-23H,4-12H2,1-3H3. The lowest BCUT2D eigenvalue weighted by atomic mass is 9.90. The van der Waals surface area contributed by atoms with Crippen LogP contribution in [-0.2, 0) is 6.42 Å². The van der Waals surface area contributed by atoms with Gasteiger partial charge in [0.15, 0.2) is 5.78 Å². The monoisotopic (exact) mass is 334 g/mol. The van der Waals surface area contributed by atoms with Crippen molar-refractivity contribution in [3.63, 3.8) is 0 Å². The maximum atomic E-state index is 12.4. The molecule has 2 rings (SSSR count). The molecule has 1 aliphatic heterocycles. The molecule has 0 amide bonds. The molecule has 1 aliphatic rings. The van der Waals surface area contributed by atoms with Crippen molar-refractivity contribution in [2.75, 3.05) is 0 Å². The minimum Gasteiger partial charge on any atom is -0.507 e. The van der Waals surface area contributed by atoms with Gasteiger partial charge in [0.2, 0.25) is 0 Å². The maximum Gasteiger partial charge on any atom is 0.170 e. The van der Waals surface area contributed by atoms with Gasteiger partial charge in [-0.25, -0.2) is 0 Å². The molecule has 134 valence electrons. The predicted octanol–water partition coefficient (Wildman–Crippen LogP) is 5.13. The van der Waals surface area contributed by atoms with Crippen LogP contribution in [0.1, 0.15) is 88.1 Å². The Morgan fingerprint density at radius 3 is 2.54 bits per heavy atom. The molecule has 2 N–H and O–H groups in total. The molecule has 0 aliphatic carbocycles. The summed E-state index contributed by atoms with van der Waals surface area (Å²) in [5.41, 5.74) is 0.375. The largest absolute Gasteiger partial charge is 0.507 e. The van der Waals surface area contributed by atoms with Crippen LogP contribution in [0.25, 0.3) is 0 Å². The summed E-state index contributed by atoms with van der Waals surface area (Å²) in [6.07, 6.45) is 8.34. The van der Waals surface area contributed by atoms with Gasteiger partial charge in [-0.2, -0.15) is 0 Å². The van der Waals surface area contributed by atoms with Gasteiger partial charge in [0.05, 0.1) is 0 Å². The molecule has 24 heavy (non-hydrogen) atoms. The van der Waals surface area contributed by atoms with Crippen LogP contribution >= 0.6 is 0 Å². The third-order valence-corrected chi connectivity index (χ3v) is 4.74. The number of unbranched alkanes of at least 4 members (excludes halogenated alkanes) is 5. The zero-order chi connectivity index (χ0) is 17.7. The van der Waals surface area contributed by atoms with Gasteiger partial charge in [-0.1, -0.05) is 39.0 Å². The number of benzene rings is 1. The fourth-order valence-corrected chi connectivity index (χ4v) is 3.25. The number of ether oxygens (including phenoxy) is 1. The average molecular weight is 334 g/mol. The number of fused-ring (bicyclic) bond motifs is 1. The van der Waals surface area contributed by atoms with Gasteiger partial charge in [-0.05, 0) is 33.1 Å². The summed E-state index contributed by atoms with van der Waals surface area (Å²) < 4.78 is 5.82. The highest BCUT2D eigenvalue weighted by Gasteiger charge is 2.31. The van der Waals surface area contributed by atoms with Gasteiger partial charge in [0.1, 0.15) is 28.4 Å². The average Bonchev–Trinajstić information content (AvgIpc) is 2.49. The molecule has 0 fully saturated rings. The van der Waals surface area contributed by atoms with Gasteiger partial charge in [0.25, 0.3) is 0 Å². The van der Waals surface area contributed by atoms with Crippen molar-refractivity contribution in [1.29, 1.82) is 0 Å². The Balaban J connectivity index is 2.04. The van der Waals surface area contributed by atoms with Gasteiger partial charge in [-0.3, -0.25) is 4.79 Å². The molecule has 1 heterocycles. The molecule has 1 aromatic rings. The number of carbonyl (C=O) groups is 1. The predicted molar refractivity (Wildman–Crippen MR) is 95.1 cm³/mol. The Hall–Kier alpha value is -1.71. The van der Waals surface area contributed by atoms with Crippen molar-refractivity contribution >= 4 is 5.78 Å². The first kappa shape index (κ1) is 18.6. The zero-order valence-electron chi connectivity index (χ0n) is 15.2. The van der Waals surface area contributed by atoms with E-state index in [1.54, 1.807) is 0 Å². The van der Waals surface area contributed by atoms with Crippen molar-refractivity contribution in [2.45, 2.75) is 84.2 Å². The van der Waals surface area contributed by atoms with Gasteiger partial charge >= 0.3 is 0 Å². The van der Waals surface area contributed by atoms with E-state index in [2.05, 4.69) is 6.92 Å². The fraction of sp³-hybridized carbons (Fsp3) is 0.650. The Labute approximate surface area is 144 Å². The summed E-state index contributed by atoms with van der Waals surface area (Å²) in [7, 11) is 0. The lowest BCUT2D eigenvalue weighted by Gasteiger charge is -2.33. The first-order valence-corrected chi connectivity index (χ1v) is 9.15. The highest BCUT2D eigenvalue weighted by molar-refractivity contribution is 6.02. The van der Waals surface area contributed by atoms with E-state index in [1.807, 2.05) is 13.8 Å². The quantitative estimate of drug-likeness (QED) is 0.510. The summed E-state index contributed by atoms with van der Waals surface area (Å²) in [5, 5.41) is 20.7. The second-order valence-corrected chi connectivity index (χ2v) is 7.40. The van der Waals surface area contributed by atoms with E-state index < -0.39 is 0 Å². The molecule has 1 aromatic carbocycles. The van der Waals surface area contributed by atoms with E-state index in [4.69, 9.17) is 4.74 Å². The first-order chi connectivity index (χ1) is 11.4. The van der Waals surface area contributed by atoms with E-state index in [-0.39, 0.29) is 28.4 Å². The Bertz CT molecular complexity index is 590. The van der Waals surface area contributed by atoms with E-state index in [1.165, 1.54) is 25.3 Å². The zero-order valence-corrected chi connectivity index (χ0v) is 15.2. The van der Waals surface area contributed by atoms with Crippen LogP contribution in [0.15, 0.2) is 6.07 Å². The minimum atomic E-state index is -0.324. The van der Waals surface area contributed by atoms with Crippen LogP contribution in [0.5, 0.6) is 17.2 Å². The second kappa shape index (κ2) is 7.91. The van der Waals surface area contributed by atoms with Crippen LogP contribution in [0, 0.1) is 0 Å². The van der Waals surface area contributed by atoms with Crippen LogP contribution in [-0.4, -0.2) is 21.6 Å². The molecule has 4 nitrogen and oxygen atoms in total. The smallest absolute Gasteiger partial charge is 0.170 e. The number of carbonyl (C=O) groups excluding carboxylic acids is 1. The Kier molecular flexibility index (Phi) is 6.14. The number of Topliss-reactive ketones (excluding diaryl/α,β-unsaturated/α-hetero) is 1. The summed E-state index contributed by atoms with van der Waals surface area (Å²) >= 11 is 0. The molecule has 0 atom stereocenters. The Morgan fingerprint density at radius 1 is 1.17 bits per heavy atom. The number of rotatable bonds is 8. The third-order valence-electron chi connectivity index (χ3n) is 4.74. The van der Waals surface area contributed by atoms with Crippen molar-refractivity contribution in [3.8, 4) is 17.2 Å². The molecule has 0 spiro atoms. The second-order valence-electron chi connectivity index (χ2n) is 7.40. The van der Waals surface area contributed by atoms with Crippen LogP contribution < -0.4 is 4.74 Å². The number of phenolic OH excluding ortho intramolecular Hbond substituents is 2. The lowest BCUT2D eigenvalue weighted by molar-refractivity contribution is 0.0830. The third kappa shape index (κ3) is 4.43. The van der Waals surface area contributed by atoms with Crippen molar-refractivity contribution in [2.24, 2.45) is 0 Å². The van der Waals surface area contributed by atoms with E-state index in [9.17, 15) is 15.0 Å². The number of ketones is 1. The molecule has 0 unspecified atom stereocenters. The summed E-state index contributed by atoms with van der Waals surface area (Å²) in [5.74, 6) is 0.0157. The van der Waals surface area contributed by atoms with Crippen LogP contribution in [0.2, 0.25) is 0 Å². The molecule has 0 aromatic heterocycles. The van der Waals surface area contributed by atoms with E-state index in [0.717, 1.165) is 25.7 Å². The van der Waals surface area contributed by atoms with Gasteiger partial charge in [0, 0.05) is 18.1 Å². The van der Waals surface area contributed by atoms with Crippen molar-refractivity contribution in [1.82, 2.24) is 0 Å². The molecular weight excluding hydrogens is 304 g/mol. The highest BCUT2D eigenvalue weighted by Crippen LogP contribution is 2.44. The number of aromatic hydroxyl groups is 2. The van der Waals surface area contributed by atoms with Crippen molar-refractivity contribution in [3.05, 3.63) is 17.2 Å². The topological polar surface area (TPSA) is 66.8 Å². The van der Waals surface area contributed by atoms with E-state index in [0.29, 0.717) is 24.2 Å². The number of hydrogen-bond donors (Lipinski definition) is 2. The molecule has 0 radical (unpaired) electrons. The molecule has 0 saturated heterocycles. The minimum absolute atomic E-state index is 0.0608. The van der Waals surface area contributed by atoms with Crippen LogP contribution in [0.3, 0.4) is 0 Å². The fourth-order valence-electron chi connectivity index (χ4n) is 3.25. The maximum absolute atomic E-state index is 12.4. The van der Waals surface area contributed by atoms with Crippen LogP contribution in [0.4, 0.5) is 0 Å². The molecular formula is C20H30O4. The first-order valence-electron chi connectivity index (χ1n) is 9.15. The summed E-state index contributed by atoms with van der Waals surface area (Å²) in [4.78, 5) is 12.4. The molecule has 4 heteroatoms. The Morgan fingerprint density at radius 2 is 1.83 bits per heavy atom. The van der Waals surface area contributed by atoms with Gasteiger partial charge in [-0.15, -0.1) is 0 Å². The molecule has 0 bridgehead atoms. The number of phenols is 2. The van der Waals surface area contributed by atoms with E-state index >= 15 is 0 Å². The molecule has 0 saturated carbocycles. The lowest BCUT2D eigenvalue weighted by Crippen LogP contribution is -2.32. The highest BCUT2D eigenvalue weighted by atomic mass is 16.5. The summed E-state index contributed by atoms with van der Waals surface area (Å²) in [6, 6.07) is 1.48. The number of hydrogen-bond acceptors (Lipinski definition) is 4. The van der Waals surface area contributed by atoms with Gasteiger partial charge < -0.3 is 14.9 Å².